The van der Waals surface area contributed by atoms with Gasteiger partial charge in [-0.05, 0) is 31.1 Å². The highest BCUT2D eigenvalue weighted by Crippen LogP contribution is 2.28. The summed E-state index contributed by atoms with van der Waals surface area (Å²) in [5.74, 6) is -0.598. The van der Waals surface area contributed by atoms with E-state index in [-0.39, 0.29) is 11.5 Å². The van der Waals surface area contributed by atoms with Crippen molar-refractivity contribution in [1.82, 2.24) is 4.98 Å². The second-order valence-electron chi connectivity index (χ2n) is 7.69. The number of aryl methyl sites for hydroxylation is 1. The summed E-state index contributed by atoms with van der Waals surface area (Å²) >= 11 is 0. The molecule has 0 radical (unpaired) electrons. The highest BCUT2D eigenvalue weighted by molar-refractivity contribution is 7.88. The maximum absolute atomic E-state index is 12.5. The van der Waals surface area contributed by atoms with Crippen molar-refractivity contribution in [2.24, 2.45) is 4.99 Å². The summed E-state index contributed by atoms with van der Waals surface area (Å²) in [4.78, 5) is 7.03. The number of nitrogens with zero attached hydrogens (tertiary/aromatic N) is 1. The molecule has 0 saturated heterocycles. The minimum Gasteiger partial charge on any atom is -0.494 e. The van der Waals surface area contributed by atoms with Gasteiger partial charge in [-0.1, -0.05) is 58.3 Å². The number of hydrogen-bond donors (Lipinski definition) is 1. The van der Waals surface area contributed by atoms with E-state index >= 15 is 0 Å². The number of aromatic amines is 1. The Kier molecular flexibility index (Phi) is 9.86. The molecular weight excluding hydrogens is 445 g/mol. The number of methoxy groups -OCH3 is 1. The Labute approximate surface area is 187 Å². The fourth-order valence-electron chi connectivity index (χ4n) is 3.32. The normalized spacial score (nSPS) is 15.7. The second-order valence-corrected chi connectivity index (χ2v) is 9.23. The summed E-state index contributed by atoms with van der Waals surface area (Å²) < 4.78 is 69.0. The van der Waals surface area contributed by atoms with E-state index < -0.39 is 21.5 Å². The molecule has 0 aliphatic carbocycles. The van der Waals surface area contributed by atoms with Crippen LogP contribution in [-0.4, -0.2) is 31.9 Å². The average Bonchev–Trinajstić information content (AvgIpc) is 3.32. The van der Waals surface area contributed by atoms with Crippen LogP contribution in [0.5, 0.6) is 0 Å². The van der Waals surface area contributed by atoms with Gasteiger partial charge >= 0.3 is 15.6 Å². The molecule has 180 valence electrons. The summed E-state index contributed by atoms with van der Waals surface area (Å²) in [7, 11) is -4.49. The van der Waals surface area contributed by atoms with Crippen LogP contribution in [0.2, 0.25) is 0 Å². The first-order chi connectivity index (χ1) is 15.2. The van der Waals surface area contributed by atoms with Crippen molar-refractivity contribution in [3.8, 4) is 0 Å². The van der Waals surface area contributed by atoms with Crippen molar-refractivity contribution in [3.05, 3.63) is 41.1 Å². The fraction of sp³-hybridized carbons (Fsp3) is 0.591. The summed E-state index contributed by atoms with van der Waals surface area (Å²) in [6, 6.07) is 3.77. The number of aliphatic imine (C=N–C) groups is 1. The SMILES string of the molecule is CCCCCCCCCCCc1ccc(/C=C2/N=C(OS(=O)(=O)C(F)(F)F)C=C2OC)[nH]1. The van der Waals surface area contributed by atoms with E-state index in [2.05, 4.69) is 21.1 Å². The van der Waals surface area contributed by atoms with Gasteiger partial charge in [0.05, 0.1) is 7.11 Å². The first-order valence-electron chi connectivity index (χ1n) is 10.9. The van der Waals surface area contributed by atoms with Gasteiger partial charge in [0.2, 0.25) is 5.90 Å². The monoisotopic (exact) mass is 476 g/mol. The highest BCUT2D eigenvalue weighted by Gasteiger charge is 2.49. The molecule has 1 aliphatic heterocycles. The lowest BCUT2D eigenvalue weighted by Crippen LogP contribution is -2.27. The van der Waals surface area contributed by atoms with E-state index in [1.54, 1.807) is 6.08 Å². The summed E-state index contributed by atoms with van der Waals surface area (Å²) in [5.41, 5.74) is -3.65. The number of nitrogens with one attached hydrogen (secondary N) is 1. The van der Waals surface area contributed by atoms with Crippen LogP contribution in [0.25, 0.3) is 6.08 Å². The van der Waals surface area contributed by atoms with Crippen LogP contribution in [0.4, 0.5) is 13.2 Å². The zero-order chi connectivity index (χ0) is 23.6. The molecule has 0 fully saturated rings. The molecule has 2 rings (SSSR count). The maximum Gasteiger partial charge on any atom is 0.534 e. The van der Waals surface area contributed by atoms with Crippen LogP contribution in [0, 0.1) is 0 Å². The Morgan fingerprint density at radius 2 is 1.66 bits per heavy atom. The molecular formula is C22H31F3N2O4S. The molecule has 1 N–H and O–H groups in total. The first-order valence-corrected chi connectivity index (χ1v) is 12.3. The fourth-order valence-corrected chi connectivity index (χ4v) is 3.73. The van der Waals surface area contributed by atoms with E-state index in [1.807, 2.05) is 12.1 Å². The quantitative estimate of drug-likeness (QED) is 0.208. The van der Waals surface area contributed by atoms with E-state index in [1.165, 1.54) is 58.5 Å². The molecule has 32 heavy (non-hydrogen) atoms. The maximum atomic E-state index is 12.5. The molecule has 0 saturated carbocycles. The van der Waals surface area contributed by atoms with E-state index in [4.69, 9.17) is 4.74 Å². The minimum absolute atomic E-state index is 0.104. The van der Waals surface area contributed by atoms with Crippen LogP contribution < -0.4 is 0 Å². The molecule has 0 unspecified atom stereocenters. The van der Waals surface area contributed by atoms with E-state index in [9.17, 15) is 21.6 Å². The van der Waals surface area contributed by atoms with E-state index in [0.29, 0.717) is 5.69 Å². The molecule has 1 aliphatic rings. The van der Waals surface area contributed by atoms with Crippen molar-refractivity contribution in [2.45, 2.75) is 76.6 Å². The first kappa shape index (κ1) is 26.0. The Morgan fingerprint density at radius 1 is 1.03 bits per heavy atom. The molecule has 0 spiro atoms. The molecule has 0 bridgehead atoms. The standard InChI is InChI=1S/C22H31F3N2O4S/c1-3-4-5-6-7-8-9-10-11-12-17-13-14-18(26-17)15-19-20(30-2)16-21(27-19)31-32(28,29)22(23,24)25/h13-16,26H,3-12H2,1-2H3/b19-15+. The van der Waals surface area contributed by atoms with Gasteiger partial charge in [-0.25, -0.2) is 4.99 Å². The largest absolute Gasteiger partial charge is 0.534 e. The topological polar surface area (TPSA) is 80.8 Å². The predicted molar refractivity (Wildman–Crippen MR) is 118 cm³/mol. The smallest absolute Gasteiger partial charge is 0.494 e. The van der Waals surface area contributed by atoms with Gasteiger partial charge in [-0.3, -0.25) is 0 Å². The number of rotatable bonds is 13. The van der Waals surface area contributed by atoms with Crippen LogP contribution in [-0.2, 0) is 25.5 Å². The Balaban J connectivity index is 1.86. The third kappa shape index (κ3) is 8.03. The second kappa shape index (κ2) is 12.1. The molecule has 6 nitrogen and oxygen atoms in total. The minimum atomic E-state index is -5.79. The van der Waals surface area contributed by atoms with Crippen molar-refractivity contribution in [3.63, 3.8) is 0 Å². The lowest BCUT2D eigenvalue weighted by atomic mass is 10.1. The number of hydrogen-bond acceptors (Lipinski definition) is 5. The van der Waals surface area contributed by atoms with Gasteiger partial charge in [0, 0.05) is 17.5 Å². The van der Waals surface area contributed by atoms with Gasteiger partial charge in [0.15, 0.2) is 0 Å². The number of H-pyrrole nitrogens is 1. The van der Waals surface area contributed by atoms with Crippen LogP contribution in [0.15, 0.2) is 34.7 Å². The van der Waals surface area contributed by atoms with Gasteiger partial charge in [0.25, 0.3) is 0 Å². The lowest BCUT2D eigenvalue weighted by Gasteiger charge is -2.07. The molecule has 0 atom stereocenters. The molecule has 0 aromatic carbocycles. The van der Waals surface area contributed by atoms with Gasteiger partial charge in [0.1, 0.15) is 11.5 Å². The van der Waals surface area contributed by atoms with Gasteiger partial charge in [-0.15, -0.1) is 0 Å². The Hall–Kier alpha value is -2.23. The third-order valence-corrected chi connectivity index (χ3v) is 6.00. The zero-order valence-electron chi connectivity index (χ0n) is 18.5. The van der Waals surface area contributed by atoms with Crippen LogP contribution >= 0.6 is 0 Å². The van der Waals surface area contributed by atoms with Crippen molar-refractivity contribution in [1.29, 1.82) is 0 Å². The van der Waals surface area contributed by atoms with E-state index in [0.717, 1.165) is 24.6 Å². The number of alkyl halides is 3. The highest BCUT2D eigenvalue weighted by atomic mass is 32.2. The third-order valence-electron chi connectivity index (χ3n) is 5.05. The Bertz CT molecular complexity index is 931. The van der Waals surface area contributed by atoms with Crippen LogP contribution in [0.1, 0.15) is 76.1 Å². The van der Waals surface area contributed by atoms with Gasteiger partial charge in [-0.2, -0.15) is 21.6 Å². The lowest BCUT2D eigenvalue weighted by molar-refractivity contribution is -0.0504. The summed E-state index contributed by atoms with van der Waals surface area (Å²) in [5, 5.41) is 0. The molecule has 10 heteroatoms. The van der Waals surface area contributed by atoms with Crippen LogP contribution in [0.3, 0.4) is 0 Å². The van der Waals surface area contributed by atoms with Gasteiger partial charge < -0.3 is 13.9 Å². The number of unbranched alkanes of at least 4 members (excludes halogenated alkanes) is 8. The Morgan fingerprint density at radius 3 is 2.25 bits per heavy atom. The van der Waals surface area contributed by atoms with Crippen molar-refractivity contribution in [2.75, 3.05) is 7.11 Å². The van der Waals surface area contributed by atoms with Crippen molar-refractivity contribution >= 4 is 22.1 Å². The summed E-state index contributed by atoms with van der Waals surface area (Å²) in [6.45, 7) is 2.22. The summed E-state index contributed by atoms with van der Waals surface area (Å²) in [6.07, 6.45) is 14.7. The van der Waals surface area contributed by atoms with Crippen molar-refractivity contribution < 1.29 is 30.5 Å². The molecule has 2 heterocycles. The number of aromatic nitrogens is 1. The number of halogens is 3. The average molecular weight is 477 g/mol. The molecule has 1 aromatic rings. The molecule has 0 amide bonds. The molecule has 1 aromatic heterocycles. The number of ether oxygens (including phenoxy) is 1. The zero-order valence-corrected chi connectivity index (χ0v) is 19.3. The predicted octanol–water partition coefficient (Wildman–Crippen LogP) is 6.24.